The van der Waals surface area contributed by atoms with Crippen LogP contribution >= 0.6 is 0 Å². The van der Waals surface area contributed by atoms with Crippen molar-refractivity contribution in [2.75, 3.05) is 0 Å². The van der Waals surface area contributed by atoms with Crippen LogP contribution in [0.2, 0.25) is 0 Å². The first kappa shape index (κ1) is 21.9. The van der Waals surface area contributed by atoms with Crippen LogP contribution in [0, 0.1) is 13.8 Å². The average Bonchev–Trinajstić information content (AvgIpc) is 3.12. The summed E-state index contributed by atoms with van der Waals surface area (Å²) in [5, 5.41) is 4.83. The van der Waals surface area contributed by atoms with Crippen molar-refractivity contribution in [2.45, 2.75) is 33.1 Å². The van der Waals surface area contributed by atoms with E-state index < -0.39 is 0 Å². The zero-order valence-corrected chi connectivity index (χ0v) is 21.6. The molecular formula is C35H28N2. The lowest BCUT2D eigenvalue weighted by Crippen LogP contribution is -2.15. The lowest BCUT2D eigenvalue weighted by molar-refractivity contribution is 0.660. The minimum atomic E-state index is -0.134. The quantitative estimate of drug-likeness (QED) is 0.249. The molecule has 4 aromatic carbocycles. The van der Waals surface area contributed by atoms with Gasteiger partial charge in [-0.2, -0.15) is 0 Å². The van der Waals surface area contributed by atoms with Gasteiger partial charge in [0.05, 0.1) is 11.4 Å². The highest BCUT2D eigenvalue weighted by molar-refractivity contribution is 5.98. The van der Waals surface area contributed by atoms with E-state index in [1.807, 2.05) is 12.4 Å². The zero-order chi connectivity index (χ0) is 25.3. The van der Waals surface area contributed by atoms with E-state index in [1.54, 1.807) is 0 Å². The maximum Gasteiger partial charge on any atom is 0.0783 e. The van der Waals surface area contributed by atoms with Gasteiger partial charge < -0.3 is 0 Å². The molecular weight excluding hydrogens is 448 g/mol. The van der Waals surface area contributed by atoms with E-state index in [1.165, 1.54) is 66.1 Å². The predicted molar refractivity (Wildman–Crippen MR) is 155 cm³/mol. The molecule has 2 heteroatoms. The Morgan fingerprint density at radius 3 is 1.41 bits per heavy atom. The van der Waals surface area contributed by atoms with Gasteiger partial charge in [0.25, 0.3) is 0 Å². The van der Waals surface area contributed by atoms with Gasteiger partial charge in [0.15, 0.2) is 0 Å². The summed E-state index contributed by atoms with van der Waals surface area (Å²) < 4.78 is 0. The van der Waals surface area contributed by atoms with Crippen molar-refractivity contribution < 1.29 is 0 Å². The van der Waals surface area contributed by atoms with E-state index in [0.29, 0.717) is 0 Å². The van der Waals surface area contributed by atoms with Crippen LogP contribution in [-0.4, -0.2) is 9.97 Å². The fourth-order valence-electron chi connectivity index (χ4n) is 6.22. The minimum absolute atomic E-state index is 0.134. The molecule has 0 fully saturated rings. The lowest BCUT2D eigenvalue weighted by Gasteiger charge is -2.23. The third-order valence-corrected chi connectivity index (χ3v) is 8.22. The first-order chi connectivity index (χ1) is 17.9. The molecule has 0 aliphatic heterocycles. The van der Waals surface area contributed by atoms with Gasteiger partial charge in [0.1, 0.15) is 0 Å². The molecule has 0 unspecified atom stereocenters. The van der Waals surface area contributed by atoms with E-state index in [0.717, 1.165) is 11.4 Å². The molecule has 0 radical (unpaired) electrons. The van der Waals surface area contributed by atoms with Gasteiger partial charge in [0.2, 0.25) is 0 Å². The van der Waals surface area contributed by atoms with E-state index >= 15 is 0 Å². The van der Waals surface area contributed by atoms with Crippen LogP contribution in [-0.2, 0) is 5.41 Å². The number of benzene rings is 4. The summed E-state index contributed by atoms with van der Waals surface area (Å²) in [5.74, 6) is 0. The van der Waals surface area contributed by atoms with Crippen LogP contribution in [0.4, 0.5) is 0 Å². The summed E-state index contributed by atoms with van der Waals surface area (Å²) in [6, 6.07) is 30.8. The number of hydrogen-bond donors (Lipinski definition) is 0. The Labute approximate surface area is 217 Å². The van der Waals surface area contributed by atoms with Crippen molar-refractivity contribution in [1.29, 1.82) is 0 Å². The van der Waals surface area contributed by atoms with Gasteiger partial charge >= 0.3 is 0 Å². The molecule has 6 aromatic rings. The molecule has 0 spiro atoms. The number of aryl methyl sites for hydroxylation is 2. The van der Waals surface area contributed by atoms with Crippen molar-refractivity contribution >= 4 is 21.5 Å². The third kappa shape index (κ3) is 3.18. The number of nitrogens with zero attached hydrogens (tertiary/aromatic N) is 2. The maximum absolute atomic E-state index is 4.85. The summed E-state index contributed by atoms with van der Waals surface area (Å²) >= 11 is 0. The van der Waals surface area contributed by atoms with Crippen LogP contribution in [0.1, 0.15) is 36.1 Å². The first-order valence-corrected chi connectivity index (χ1v) is 12.9. The van der Waals surface area contributed by atoms with E-state index in [2.05, 4.69) is 113 Å². The highest BCUT2D eigenvalue weighted by Crippen LogP contribution is 2.52. The highest BCUT2D eigenvalue weighted by atomic mass is 14.7. The van der Waals surface area contributed by atoms with E-state index in [9.17, 15) is 0 Å². The van der Waals surface area contributed by atoms with Gasteiger partial charge in [-0.3, -0.25) is 9.97 Å². The van der Waals surface area contributed by atoms with Crippen molar-refractivity contribution in [3.05, 3.63) is 120 Å². The molecule has 2 nitrogen and oxygen atoms in total. The normalized spacial score (nSPS) is 13.6. The molecule has 2 aromatic heterocycles. The van der Waals surface area contributed by atoms with Gasteiger partial charge in [-0.15, -0.1) is 0 Å². The molecule has 0 saturated heterocycles. The molecule has 1 aliphatic rings. The van der Waals surface area contributed by atoms with Crippen LogP contribution in [0.25, 0.3) is 55.2 Å². The fourth-order valence-corrected chi connectivity index (χ4v) is 6.22. The van der Waals surface area contributed by atoms with E-state index in [4.69, 9.17) is 9.97 Å². The Balaban J connectivity index is 1.44. The molecule has 7 rings (SSSR count). The van der Waals surface area contributed by atoms with Crippen LogP contribution < -0.4 is 0 Å². The lowest BCUT2D eigenvalue weighted by atomic mass is 9.80. The molecule has 0 N–H and O–H groups in total. The van der Waals surface area contributed by atoms with Crippen LogP contribution in [0.3, 0.4) is 0 Å². The highest BCUT2D eigenvalue weighted by Gasteiger charge is 2.37. The number of hydrogen-bond acceptors (Lipinski definition) is 2. The van der Waals surface area contributed by atoms with Gasteiger partial charge in [-0.05, 0) is 82.3 Å². The van der Waals surface area contributed by atoms with Crippen molar-refractivity contribution in [3.63, 3.8) is 0 Å². The second kappa shape index (κ2) is 7.85. The topological polar surface area (TPSA) is 25.8 Å². The molecule has 2 heterocycles. The summed E-state index contributed by atoms with van der Waals surface area (Å²) in [6.45, 7) is 9.13. The molecule has 0 atom stereocenters. The number of aromatic nitrogens is 2. The maximum atomic E-state index is 4.85. The smallest absolute Gasteiger partial charge is 0.0783 e. The Hall–Kier alpha value is -4.30. The van der Waals surface area contributed by atoms with Crippen LogP contribution in [0.5, 0.6) is 0 Å². The zero-order valence-electron chi connectivity index (χ0n) is 21.6. The molecule has 0 saturated carbocycles. The van der Waals surface area contributed by atoms with Crippen molar-refractivity contribution in [1.82, 2.24) is 9.97 Å². The first-order valence-electron chi connectivity index (χ1n) is 12.9. The number of pyridine rings is 2. The predicted octanol–water partition coefficient (Wildman–Crippen LogP) is 9.04. The Morgan fingerprint density at radius 1 is 0.514 bits per heavy atom. The second-order valence-electron chi connectivity index (χ2n) is 10.8. The van der Waals surface area contributed by atoms with E-state index in [-0.39, 0.29) is 5.41 Å². The average molecular weight is 477 g/mol. The molecule has 37 heavy (non-hydrogen) atoms. The molecule has 1 aliphatic carbocycles. The summed E-state index contributed by atoms with van der Waals surface area (Å²) in [7, 11) is 0. The van der Waals surface area contributed by atoms with Crippen molar-refractivity contribution in [2.24, 2.45) is 0 Å². The Kier molecular flexibility index (Phi) is 4.65. The third-order valence-electron chi connectivity index (χ3n) is 8.22. The molecule has 0 amide bonds. The standard InChI is InChI=1S/C35H28N2/c1-21-17-29-30-18-22(2)28(34-26-12-8-6-10-24(26)14-16-37-34)20-32(30)35(3,4)31(29)19-27(21)33-25-11-7-5-9-23(25)13-15-36-33/h5-20H,1-4H3. The summed E-state index contributed by atoms with van der Waals surface area (Å²) in [4.78, 5) is 9.70. The van der Waals surface area contributed by atoms with Crippen molar-refractivity contribution in [3.8, 4) is 33.6 Å². The number of rotatable bonds is 2. The molecule has 0 bridgehead atoms. The van der Waals surface area contributed by atoms with Gasteiger partial charge in [-0.1, -0.05) is 74.5 Å². The van der Waals surface area contributed by atoms with Crippen LogP contribution in [0.15, 0.2) is 97.3 Å². The monoisotopic (exact) mass is 476 g/mol. The second-order valence-corrected chi connectivity index (χ2v) is 10.8. The Bertz CT molecular complexity index is 1730. The summed E-state index contributed by atoms with van der Waals surface area (Å²) in [5.41, 5.74) is 12.3. The van der Waals surface area contributed by atoms with Gasteiger partial charge in [0, 0.05) is 39.7 Å². The Morgan fingerprint density at radius 2 is 0.946 bits per heavy atom. The molecule has 178 valence electrons. The number of fused-ring (bicyclic) bond motifs is 5. The largest absolute Gasteiger partial charge is 0.256 e. The minimum Gasteiger partial charge on any atom is -0.256 e. The fraction of sp³-hybridized carbons (Fsp3) is 0.143. The SMILES string of the molecule is Cc1cc2c(cc1-c1nccc3ccccc13)C(C)(C)c1cc(-c3nccc4ccccc34)c(C)cc1-2. The summed E-state index contributed by atoms with van der Waals surface area (Å²) in [6.07, 6.45) is 3.86. The van der Waals surface area contributed by atoms with Gasteiger partial charge in [-0.25, -0.2) is 0 Å².